The minimum Gasteiger partial charge on any atom is -0.489 e. The van der Waals surface area contributed by atoms with E-state index in [1.54, 1.807) is 0 Å². The third kappa shape index (κ3) is 7.22. The summed E-state index contributed by atoms with van der Waals surface area (Å²) in [5.41, 5.74) is 11.7. The molecule has 2 fully saturated rings. The minimum absolute atomic E-state index is 0.170. The lowest BCUT2D eigenvalue weighted by Gasteiger charge is -2.37. The zero-order chi connectivity index (χ0) is 29.8. The highest BCUT2D eigenvalue weighted by molar-refractivity contribution is 6.30. The van der Waals surface area contributed by atoms with E-state index >= 15 is 0 Å². The number of nitrogen functional groups attached to an aromatic ring is 1. The van der Waals surface area contributed by atoms with Gasteiger partial charge in [-0.1, -0.05) is 23.7 Å². The first-order valence-corrected chi connectivity index (χ1v) is 15.8. The van der Waals surface area contributed by atoms with E-state index < -0.39 is 5.97 Å². The van der Waals surface area contributed by atoms with Crippen molar-refractivity contribution in [3.8, 4) is 17.0 Å². The molecule has 1 saturated carbocycles. The lowest BCUT2D eigenvalue weighted by atomic mass is 9.82. The van der Waals surface area contributed by atoms with Crippen molar-refractivity contribution < 1.29 is 19.4 Å². The molecule has 2 heterocycles. The Labute approximate surface area is 258 Å². The number of hydrogen-bond donors (Lipinski definition) is 2. The molecule has 2 aromatic carbocycles. The minimum atomic E-state index is -0.653. The highest BCUT2D eigenvalue weighted by Crippen LogP contribution is 2.38. The number of carboxylic acids is 1. The molecule has 43 heavy (non-hydrogen) atoms. The molecule has 9 nitrogen and oxygen atoms in total. The molecule has 3 aliphatic rings. The van der Waals surface area contributed by atoms with E-state index in [1.807, 2.05) is 30.3 Å². The first kappa shape index (κ1) is 29.7. The Bertz CT molecular complexity index is 1420. The molecule has 0 spiro atoms. The second-order valence-corrected chi connectivity index (χ2v) is 12.4. The number of nitrogens with two attached hydrogens (primary N) is 1. The molecule has 3 aromatic rings. The highest BCUT2D eigenvalue weighted by atomic mass is 35.5. The Hall–Kier alpha value is -3.40. The molecule has 0 unspecified atom stereocenters. The number of hydrogen-bond acceptors (Lipinski definition) is 8. The number of aliphatic carboxylic acids is 1. The number of carbonyl (C=O) groups is 1. The monoisotopic (exact) mass is 605 g/mol. The van der Waals surface area contributed by atoms with E-state index in [0.29, 0.717) is 30.1 Å². The number of carboxylic acid groups (broad SMARTS) is 1. The van der Waals surface area contributed by atoms with Crippen LogP contribution in [0.2, 0.25) is 5.02 Å². The van der Waals surface area contributed by atoms with Gasteiger partial charge >= 0.3 is 5.97 Å². The Morgan fingerprint density at radius 1 is 1.00 bits per heavy atom. The van der Waals surface area contributed by atoms with Gasteiger partial charge in [0.1, 0.15) is 18.2 Å². The molecule has 0 amide bonds. The molecule has 0 bridgehead atoms. The van der Waals surface area contributed by atoms with Gasteiger partial charge in [0.15, 0.2) is 0 Å². The molecular weight excluding hydrogens is 566 g/mol. The summed E-state index contributed by atoms with van der Waals surface area (Å²) in [6, 6.07) is 13.9. The summed E-state index contributed by atoms with van der Waals surface area (Å²) in [4.78, 5) is 25.4. The number of fused-ring (bicyclic) bond motifs is 3. The van der Waals surface area contributed by atoms with Crippen molar-refractivity contribution in [3.05, 3.63) is 64.2 Å². The maximum atomic E-state index is 11.2. The third-order valence-electron chi connectivity index (χ3n) is 9.07. The van der Waals surface area contributed by atoms with Crippen LogP contribution >= 0.6 is 11.6 Å². The Kier molecular flexibility index (Phi) is 9.31. The molecule has 2 aliphatic carbocycles. The fourth-order valence-corrected chi connectivity index (χ4v) is 6.64. The standard InChI is InChI=1S/C33H40ClN5O4/c34-26-8-3-23(4-9-26)21-43-27-10-12-28-25(19-27)7-11-29-30(28)36-33(35)37-31(29)39-15-13-38(14-16-39)17-18-42-20-22-1-5-24(6-2-22)32(40)41/h3-4,8-10,12,19,22,24H,1-2,5-7,11,13-18,20-21H2,(H,40,41)(H2,35,36,37)/t22-,24+. The number of nitrogens with zero attached hydrogens (tertiary/aromatic N) is 4. The first-order valence-electron chi connectivity index (χ1n) is 15.4. The summed E-state index contributed by atoms with van der Waals surface area (Å²) in [6.07, 6.45) is 5.21. The van der Waals surface area contributed by atoms with Gasteiger partial charge in [0.05, 0.1) is 18.2 Å². The zero-order valence-electron chi connectivity index (χ0n) is 24.5. The third-order valence-corrected chi connectivity index (χ3v) is 9.32. The van der Waals surface area contributed by atoms with Gasteiger partial charge in [-0.15, -0.1) is 0 Å². The van der Waals surface area contributed by atoms with Crippen LogP contribution in [0.4, 0.5) is 11.8 Å². The van der Waals surface area contributed by atoms with E-state index in [1.165, 1.54) is 11.1 Å². The SMILES string of the molecule is Nc1nc2c(c(N3CCN(CCOC[C@H]4CC[C@@H](C(=O)O)CC4)CC3)n1)CCc1cc(OCc3ccc(Cl)cc3)ccc1-2. The maximum absolute atomic E-state index is 11.2. The number of benzene rings is 2. The predicted octanol–water partition coefficient (Wildman–Crippen LogP) is 5.09. The molecule has 1 saturated heterocycles. The Morgan fingerprint density at radius 2 is 1.77 bits per heavy atom. The number of aromatic nitrogens is 2. The number of halogens is 1. The van der Waals surface area contributed by atoms with Crippen molar-refractivity contribution in [2.75, 3.05) is 56.6 Å². The second-order valence-electron chi connectivity index (χ2n) is 11.9. The van der Waals surface area contributed by atoms with Crippen LogP contribution in [-0.4, -0.2) is 71.9 Å². The molecular formula is C33H40ClN5O4. The van der Waals surface area contributed by atoms with Gasteiger partial charge in [0.2, 0.25) is 5.95 Å². The fraction of sp³-hybridized carbons (Fsp3) is 0.485. The van der Waals surface area contributed by atoms with Crippen molar-refractivity contribution in [1.82, 2.24) is 14.9 Å². The largest absolute Gasteiger partial charge is 0.489 e. The van der Waals surface area contributed by atoms with Crippen LogP contribution in [0, 0.1) is 11.8 Å². The van der Waals surface area contributed by atoms with Gasteiger partial charge in [-0.05, 0) is 85.9 Å². The van der Waals surface area contributed by atoms with Gasteiger partial charge in [0, 0.05) is 55.5 Å². The summed E-state index contributed by atoms with van der Waals surface area (Å²) >= 11 is 6.00. The van der Waals surface area contributed by atoms with E-state index in [4.69, 9.17) is 31.8 Å². The van der Waals surface area contributed by atoms with Crippen LogP contribution in [-0.2, 0) is 29.0 Å². The molecule has 10 heteroatoms. The van der Waals surface area contributed by atoms with E-state index in [0.717, 1.165) is 106 Å². The number of ether oxygens (including phenoxy) is 2. The van der Waals surface area contributed by atoms with Crippen LogP contribution in [0.5, 0.6) is 5.75 Å². The summed E-state index contributed by atoms with van der Waals surface area (Å²) in [5.74, 6) is 1.77. The van der Waals surface area contributed by atoms with Crippen LogP contribution < -0.4 is 15.4 Å². The topological polar surface area (TPSA) is 114 Å². The van der Waals surface area contributed by atoms with E-state index in [9.17, 15) is 9.90 Å². The average Bonchev–Trinajstić information content (AvgIpc) is 3.03. The number of anilines is 2. The molecule has 1 aromatic heterocycles. The van der Waals surface area contributed by atoms with Crippen LogP contribution in [0.1, 0.15) is 42.4 Å². The van der Waals surface area contributed by atoms with Gasteiger partial charge in [-0.3, -0.25) is 9.69 Å². The summed E-state index contributed by atoms with van der Waals surface area (Å²) in [5, 5.41) is 9.90. The van der Waals surface area contributed by atoms with E-state index in [2.05, 4.69) is 26.9 Å². The molecule has 6 rings (SSSR count). The molecule has 0 atom stereocenters. The Balaban J connectivity index is 1.02. The fourth-order valence-electron chi connectivity index (χ4n) is 6.51. The number of rotatable bonds is 10. The second kappa shape index (κ2) is 13.5. The van der Waals surface area contributed by atoms with Crippen LogP contribution in [0.15, 0.2) is 42.5 Å². The normalized spacial score (nSPS) is 20.3. The number of piperazine rings is 1. The van der Waals surface area contributed by atoms with Crippen molar-refractivity contribution >= 4 is 29.3 Å². The molecule has 1 aliphatic heterocycles. The van der Waals surface area contributed by atoms with Crippen LogP contribution in [0.25, 0.3) is 11.3 Å². The summed E-state index contributed by atoms with van der Waals surface area (Å²) in [7, 11) is 0. The molecule has 228 valence electrons. The van der Waals surface area contributed by atoms with Gasteiger partial charge in [-0.25, -0.2) is 4.98 Å². The lowest BCUT2D eigenvalue weighted by Crippen LogP contribution is -2.48. The maximum Gasteiger partial charge on any atom is 0.306 e. The van der Waals surface area contributed by atoms with Gasteiger partial charge < -0.3 is 25.2 Å². The Morgan fingerprint density at radius 3 is 2.51 bits per heavy atom. The first-order chi connectivity index (χ1) is 20.9. The predicted molar refractivity (Wildman–Crippen MR) is 168 cm³/mol. The van der Waals surface area contributed by atoms with Crippen molar-refractivity contribution in [2.45, 2.75) is 45.1 Å². The highest BCUT2D eigenvalue weighted by Gasteiger charge is 2.28. The van der Waals surface area contributed by atoms with Crippen molar-refractivity contribution in [1.29, 1.82) is 0 Å². The average molecular weight is 606 g/mol. The van der Waals surface area contributed by atoms with Crippen molar-refractivity contribution in [3.63, 3.8) is 0 Å². The summed E-state index contributed by atoms with van der Waals surface area (Å²) < 4.78 is 12.1. The van der Waals surface area contributed by atoms with Gasteiger partial charge in [0.25, 0.3) is 0 Å². The lowest BCUT2D eigenvalue weighted by molar-refractivity contribution is -0.143. The van der Waals surface area contributed by atoms with Crippen molar-refractivity contribution in [2.24, 2.45) is 11.8 Å². The zero-order valence-corrected chi connectivity index (χ0v) is 25.3. The van der Waals surface area contributed by atoms with E-state index in [-0.39, 0.29) is 5.92 Å². The smallest absolute Gasteiger partial charge is 0.306 e. The van der Waals surface area contributed by atoms with Gasteiger partial charge in [-0.2, -0.15) is 4.98 Å². The summed E-state index contributed by atoms with van der Waals surface area (Å²) in [6.45, 7) is 6.47. The van der Waals surface area contributed by atoms with Crippen LogP contribution in [0.3, 0.4) is 0 Å². The number of aryl methyl sites for hydroxylation is 1. The molecule has 3 N–H and O–H groups in total. The molecule has 0 radical (unpaired) electrons. The quantitative estimate of drug-likeness (QED) is 0.305.